The second-order valence-corrected chi connectivity index (χ2v) is 3.13. The zero-order valence-electron chi connectivity index (χ0n) is 9.04. The maximum atomic E-state index is 11.5. The Bertz CT molecular complexity index is 372. The summed E-state index contributed by atoms with van der Waals surface area (Å²) in [5, 5.41) is 2.58. The Balaban J connectivity index is 3.07. The monoisotopic (exact) mass is 205 g/mol. The fourth-order valence-corrected chi connectivity index (χ4v) is 1.30. The number of carbonyl (C=O) groups excluding carboxylic acids is 1. The molecular weight excluding hydrogens is 190 g/mol. The normalized spacial score (nSPS) is 9.47. The molecule has 1 N–H and O–H groups in total. The first-order valence-corrected chi connectivity index (χ1v) is 4.76. The van der Waals surface area contributed by atoms with Crippen molar-refractivity contribution < 1.29 is 9.53 Å². The number of para-hydroxylation sites is 1. The zero-order chi connectivity index (χ0) is 11.3. The lowest BCUT2D eigenvalue weighted by atomic mass is 10.1. The van der Waals surface area contributed by atoms with Crippen LogP contribution in [0.3, 0.4) is 0 Å². The molecule has 15 heavy (non-hydrogen) atoms. The van der Waals surface area contributed by atoms with Gasteiger partial charge in [0.25, 0.3) is 5.91 Å². The fraction of sp³-hybridized carbons (Fsp3) is 0.250. The average molecular weight is 205 g/mol. The van der Waals surface area contributed by atoms with Crippen LogP contribution in [-0.2, 0) is 0 Å². The Morgan fingerprint density at radius 3 is 2.93 bits per heavy atom. The highest BCUT2D eigenvalue weighted by Gasteiger charge is 2.12. The Morgan fingerprint density at radius 2 is 2.33 bits per heavy atom. The molecule has 1 rings (SSSR count). The number of rotatable bonds is 4. The summed E-state index contributed by atoms with van der Waals surface area (Å²) in [4.78, 5) is 11.5. The molecule has 0 radical (unpaired) electrons. The molecule has 1 amide bonds. The van der Waals surface area contributed by atoms with E-state index in [1.54, 1.807) is 19.2 Å². The van der Waals surface area contributed by atoms with Gasteiger partial charge in [-0.2, -0.15) is 0 Å². The fourth-order valence-electron chi connectivity index (χ4n) is 1.30. The van der Waals surface area contributed by atoms with E-state index in [9.17, 15) is 4.79 Å². The summed E-state index contributed by atoms with van der Waals surface area (Å²) in [5.74, 6) is 0.481. The van der Waals surface area contributed by atoms with Crippen molar-refractivity contribution in [1.29, 1.82) is 0 Å². The zero-order valence-corrected chi connectivity index (χ0v) is 9.04. The van der Waals surface area contributed by atoms with Crippen molar-refractivity contribution in [3.8, 4) is 5.75 Å². The third-order valence-corrected chi connectivity index (χ3v) is 2.03. The van der Waals surface area contributed by atoms with E-state index in [0.29, 0.717) is 17.9 Å². The van der Waals surface area contributed by atoms with Crippen molar-refractivity contribution in [2.24, 2.45) is 0 Å². The summed E-state index contributed by atoms with van der Waals surface area (Å²) < 4.78 is 5.46. The van der Waals surface area contributed by atoms with Gasteiger partial charge in [-0.05, 0) is 18.6 Å². The van der Waals surface area contributed by atoms with Crippen LogP contribution in [0.4, 0.5) is 0 Å². The Hall–Kier alpha value is -1.77. The van der Waals surface area contributed by atoms with E-state index < -0.39 is 0 Å². The van der Waals surface area contributed by atoms with Gasteiger partial charge >= 0.3 is 0 Å². The number of hydrogen-bond acceptors (Lipinski definition) is 2. The van der Waals surface area contributed by atoms with Crippen molar-refractivity contribution in [2.45, 2.75) is 6.92 Å². The van der Waals surface area contributed by atoms with Gasteiger partial charge in [-0.15, -0.1) is 0 Å². The number of ether oxygens (including phenoxy) is 1. The molecule has 0 aliphatic rings. The summed E-state index contributed by atoms with van der Waals surface area (Å²) >= 11 is 0. The molecule has 0 unspecified atom stereocenters. The van der Waals surface area contributed by atoms with Gasteiger partial charge in [0.2, 0.25) is 0 Å². The second-order valence-electron chi connectivity index (χ2n) is 3.13. The maximum Gasteiger partial charge on any atom is 0.254 e. The van der Waals surface area contributed by atoms with E-state index in [4.69, 9.17) is 4.74 Å². The SMILES string of the molecule is C=CCOc1c(C)cccc1C(=O)NC. The highest BCUT2D eigenvalue weighted by Crippen LogP contribution is 2.23. The average Bonchev–Trinajstić information content (AvgIpc) is 2.26. The van der Waals surface area contributed by atoms with Crippen LogP contribution in [0.2, 0.25) is 0 Å². The standard InChI is InChI=1S/C12H15NO2/c1-4-8-15-11-9(2)6-5-7-10(11)12(14)13-3/h4-7H,1,8H2,2-3H3,(H,13,14). The number of nitrogens with one attached hydrogen (secondary N) is 1. The summed E-state index contributed by atoms with van der Waals surface area (Å²) in [7, 11) is 1.60. The number of aryl methyl sites for hydroxylation is 1. The maximum absolute atomic E-state index is 11.5. The van der Waals surface area contributed by atoms with E-state index in [1.165, 1.54) is 0 Å². The topological polar surface area (TPSA) is 38.3 Å². The van der Waals surface area contributed by atoms with Gasteiger partial charge in [0.05, 0.1) is 5.56 Å². The summed E-state index contributed by atoms with van der Waals surface area (Å²) in [6.07, 6.45) is 1.65. The molecule has 1 aromatic rings. The van der Waals surface area contributed by atoms with Gasteiger partial charge < -0.3 is 10.1 Å². The molecule has 80 valence electrons. The number of carbonyl (C=O) groups is 1. The molecule has 0 aliphatic carbocycles. The van der Waals surface area contributed by atoms with Crippen LogP contribution in [-0.4, -0.2) is 19.6 Å². The quantitative estimate of drug-likeness (QED) is 0.763. The first-order chi connectivity index (χ1) is 7.20. The number of amides is 1. The number of hydrogen-bond donors (Lipinski definition) is 1. The van der Waals surface area contributed by atoms with E-state index in [2.05, 4.69) is 11.9 Å². The lowest BCUT2D eigenvalue weighted by Gasteiger charge is -2.11. The van der Waals surface area contributed by atoms with E-state index in [-0.39, 0.29) is 5.91 Å². The van der Waals surface area contributed by atoms with Gasteiger partial charge in [-0.1, -0.05) is 24.8 Å². The molecule has 0 aliphatic heterocycles. The molecule has 0 heterocycles. The van der Waals surface area contributed by atoms with Gasteiger partial charge in [0.1, 0.15) is 12.4 Å². The van der Waals surface area contributed by atoms with Gasteiger partial charge in [-0.25, -0.2) is 0 Å². The van der Waals surface area contributed by atoms with Crippen LogP contribution in [0.15, 0.2) is 30.9 Å². The van der Waals surface area contributed by atoms with Gasteiger partial charge in [0, 0.05) is 7.05 Å². The van der Waals surface area contributed by atoms with Crippen molar-refractivity contribution in [3.05, 3.63) is 42.0 Å². The van der Waals surface area contributed by atoms with Crippen LogP contribution in [0.1, 0.15) is 15.9 Å². The second kappa shape index (κ2) is 5.20. The molecule has 1 aromatic carbocycles. The smallest absolute Gasteiger partial charge is 0.254 e. The summed E-state index contributed by atoms with van der Waals surface area (Å²) in [6.45, 7) is 5.88. The van der Waals surface area contributed by atoms with E-state index in [0.717, 1.165) is 5.56 Å². The third-order valence-electron chi connectivity index (χ3n) is 2.03. The van der Waals surface area contributed by atoms with E-state index >= 15 is 0 Å². The van der Waals surface area contributed by atoms with Crippen molar-refractivity contribution in [2.75, 3.05) is 13.7 Å². The van der Waals surface area contributed by atoms with E-state index in [1.807, 2.05) is 19.1 Å². The predicted octanol–water partition coefficient (Wildman–Crippen LogP) is 1.92. The minimum atomic E-state index is -0.141. The minimum Gasteiger partial charge on any atom is -0.488 e. The molecule has 3 heteroatoms. The lowest BCUT2D eigenvalue weighted by molar-refractivity contribution is 0.0959. The Labute approximate surface area is 89.8 Å². The first kappa shape index (κ1) is 11.3. The molecule has 0 aromatic heterocycles. The molecular formula is C12H15NO2. The first-order valence-electron chi connectivity index (χ1n) is 4.76. The molecule has 0 saturated heterocycles. The molecule has 0 fully saturated rings. The molecule has 0 spiro atoms. The van der Waals surface area contributed by atoms with Crippen LogP contribution >= 0.6 is 0 Å². The minimum absolute atomic E-state index is 0.141. The lowest BCUT2D eigenvalue weighted by Crippen LogP contribution is -2.19. The molecule has 0 atom stereocenters. The van der Waals surface area contributed by atoms with Crippen molar-refractivity contribution in [3.63, 3.8) is 0 Å². The summed E-state index contributed by atoms with van der Waals surface area (Å²) in [5.41, 5.74) is 1.50. The largest absolute Gasteiger partial charge is 0.488 e. The van der Waals surface area contributed by atoms with Crippen LogP contribution in [0, 0.1) is 6.92 Å². The third kappa shape index (κ3) is 2.59. The van der Waals surface area contributed by atoms with Gasteiger partial charge in [-0.3, -0.25) is 4.79 Å². The van der Waals surface area contributed by atoms with Crippen LogP contribution in [0.5, 0.6) is 5.75 Å². The Kier molecular flexibility index (Phi) is 3.92. The van der Waals surface area contributed by atoms with Gasteiger partial charge in [0.15, 0.2) is 0 Å². The molecule has 3 nitrogen and oxygen atoms in total. The molecule has 0 saturated carbocycles. The number of benzene rings is 1. The highest BCUT2D eigenvalue weighted by molar-refractivity contribution is 5.97. The molecule has 0 bridgehead atoms. The van der Waals surface area contributed by atoms with Crippen LogP contribution < -0.4 is 10.1 Å². The van der Waals surface area contributed by atoms with Crippen molar-refractivity contribution >= 4 is 5.91 Å². The predicted molar refractivity (Wildman–Crippen MR) is 60.3 cm³/mol. The van der Waals surface area contributed by atoms with Crippen LogP contribution in [0.25, 0.3) is 0 Å². The summed E-state index contributed by atoms with van der Waals surface area (Å²) in [6, 6.07) is 5.48. The van der Waals surface area contributed by atoms with Crippen molar-refractivity contribution in [1.82, 2.24) is 5.32 Å². The Morgan fingerprint density at radius 1 is 1.60 bits per heavy atom. The highest BCUT2D eigenvalue weighted by atomic mass is 16.5.